The van der Waals surface area contributed by atoms with Crippen molar-refractivity contribution in [2.75, 3.05) is 6.61 Å². The van der Waals surface area contributed by atoms with Crippen molar-refractivity contribution in [3.8, 4) is 11.4 Å². The summed E-state index contributed by atoms with van der Waals surface area (Å²) in [6.07, 6.45) is 1.63. The molecule has 1 fully saturated rings. The van der Waals surface area contributed by atoms with Crippen molar-refractivity contribution in [1.82, 2.24) is 4.57 Å². The Morgan fingerprint density at radius 2 is 1.79 bits per heavy atom. The number of ether oxygens (including phenoxy) is 1. The van der Waals surface area contributed by atoms with Gasteiger partial charge in [0.05, 0.1) is 23.6 Å². The molecule has 1 aliphatic carbocycles. The average molecular weight is 459 g/mol. The molecule has 1 saturated carbocycles. The maximum atomic E-state index is 14.5. The summed E-state index contributed by atoms with van der Waals surface area (Å²) in [5.74, 6) is -4.31. The summed E-state index contributed by atoms with van der Waals surface area (Å²) in [5, 5.41) is 20.7. The van der Waals surface area contributed by atoms with Gasteiger partial charge in [-0.2, -0.15) is 0 Å². The van der Waals surface area contributed by atoms with Crippen molar-refractivity contribution >= 4 is 16.9 Å². The molecule has 0 bridgehead atoms. The molecule has 174 valence electrons. The normalized spacial score (nSPS) is 24.2. The van der Waals surface area contributed by atoms with Gasteiger partial charge in [0.15, 0.2) is 11.6 Å². The fraction of sp³-hybridized carbons (Fsp3) is 0.400. The lowest BCUT2D eigenvalue weighted by Gasteiger charge is -2.47. The largest absolute Gasteiger partial charge is 0.507 e. The molecule has 33 heavy (non-hydrogen) atoms. The van der Waals surface area contributed by atoms with Crippen LogP contribution in [-0.2, 0) is 20.5 Å². The predicted octanol–water partition coefficient (Wildman–Crippen LogP) is 5.53. The molecule has 1 aliphatic heterocycles. The molecular weight excluding hydrogens is 435 g/mol. The number of hydrogen-bond donors (Lipinski definition) is 2. The minimum Gasteiger partial charge on any atom is -0.507 e. The number of phenolic OH excluding ortho intramolecular Hbond substituents is 1. The molecule has 5 nitrogen and oxygen atoms in total. The summed E-state index contributed by atoms with van der Waals surface area (Å²) in [6, 6.07) is 5.77. The van der Waals surface area contributed by atoms with E-state index in [1.165, 1.54) is 12.1 Å². The zero-order valence-corrected chi connectivity index (χ0v) is 18.3. The molecule has 0 amide bonds. The Morgan fingerprint density at radius 3 is 2.42 bits per heavy atom. The highest BCUT2D eigenvalue weighted by atomic mass is 19.2. The Hall–Kier alpha value is -3.00. The van der Waals surface area contributed by atoms with E-state index < -0.39 is 40.4 Å². The summed E-state index contributed by atoms with van der Waals surface area (Å²) in [4.78, 5) is 11.5. The second-order valence-corrected chi connectivity index (χ2v) is 9.76. The van der Waals surface area contributed by atoms with Gasteiger partial charge >= 0.3 is 5.97 Å². The number of carboxylic acid groups (broad SMARTS) is 1. The summed E-state index contributed by atoms with van der Waals surface area (Å²) < 4.78 is 50.5. The summed E-state index contributed by atoms with van der Waals surface area (Å²) in [7, 11) is 0. The first-order valence-electron chi connectivity index (χ1n) is 10.9. The first-order valence-corrected chi connectivity index (χ1v) is 10.9. The minimum absolute atomic E-state index is 0.274. The standard InChI is InChI=1S/C25H24F3NO4/c1-24(2)12-33-25(7-5-13(6-8-25)23(31)32)21-20-18(9-14(26)10-19(20)30)29(22(21)24)15-3-4-16(27)17(28)11-15/h3-4,9-11,13,30H,5-8,12H2,1-2H3,(H,31,32)/t13-,25-. The third-order valence-corrected chi connectivity index (χ3v) is 7.12. The van der Waals surface area contributed by atoms with Crippen LogP contribution in [0.4, 0.5) is 13.2 Å². The molecule has 1 spiro atoms. The number of nitrogens with zero attached hydrogens (tertiary/aromatic N) is 1. The Kier molecular flexibility index (Phi) is 4.79. The molecule has 8 heteroatoms. The van der Waals surface area contributed by atoms with Gasteiger partial charge in [0.25, 0.3) is 0 Å². The van der Waals surface area contributed by atoms with Crippen LogP contribution in [0.25, 0.3) is 16.6 Å². The van der Waals surface area contributed by atoms with Gasteiger partial charge in [0.2, 0.25) is 0 Å². The zero-order valence-electron chi connectivity index (χ0n) is 18.3. The molecule has 2 N–H and O–H groups in total. The van der Waals surface area contributed by atoms with Gasteiger partial charge in [-0.25, -0.2) is 13.2 Å². The fourth-order valence-electron chi connectivity index (χ4n) is 5.52. The molecule has 0 unspecified atom stereocenters. The maximum Gasteiger partial charge on any atom is 0.306 e. The Bertz CT molecular complexity index is 1290. The van der Waals surface area contributed by atoms with Crippen molar-refractivity contribution in [2.24, 2.45) is 5.92 Å². The third kappa shape index (κ3) is 3.22. The quantitative estimate of drug-likeness (QED) is 0.529. The monoisotopic (exact) mass is 459 g/mol. The number of aromatic nitrogens is 1. The second-order valence-electron chi connectivity index (χ2n) is 9.76. The van der Waals surface area contributed by atoms with E-state index in [4.69, 9.17) is 4.74 Å². The van der Waals surface area contributed by atoms with E-state index in [0.29, 0.717) is 60.1 Å². The number of carbonyl (C=O) groups is 1. The molecule has 0 radical (unpaired) electrons. The number of fused-ring (bicyclic) bond motifs is 4. The van der Waals surface area contributed by atoms with Crippen LogP contribution in [-0.4, -0.2) is 27.4 Å². The molecule has 0 saturated heterocycles. The number of hydrogen-bond acceptors (Lipinski definition) is 3. The van der Waals surface area contributed by atoms with E-state index in [-0.39, 0.29) is 5.75 Å². The Labute approximate surface area is 188 Å². The Morgan fingerprint density at radius 1 is 1.09 bits per heavy atom. The van der Waals surface area contributed by atoms with E-state index in [9.17, 15) is 28.2 Å². The number of phenols is 1. The molecule has 2 aliphatic rings. The molecule has 2 aromatic carbocycles. The van der Waals surface area contributed by atoms with Gasteiger partial charge in [0.1, 0.15) is 11.6 Å². The van der Waals surface area contributed by atoms with Gasteiger partial charge in [-0.15, -0.1) is 0 Å². The molecule has 1 aromatic heterocycles. The summed E-state index contributed by atoms with van der Waals surface area (Å²) in [5.41, 5.74) is 0.520. The topological polar surface area (TPSA) is 71.7 Å². The molecule has 3 aromatic rings. The molecule has 5 rings (SSSR count). The van der Waals surface area contributed by atoms with Gasteiger partial charge in [-0.05, 0) is 43.9 Å². The fourth-order valence-corrected chi connectivity index (χ4v) is 5.52. The van der Waals surface area contributed by atoms with Crippen LogP contribution in [0.15, 0.2) is 30.3 Å². The van der Waals surface area contributed by atoms with Gasteiger partial charge in [-0.1, -0.05) is 13.8 Å². The van der Waals surface area contributed by atoms with E-state index in [0.717, 1.165) is 18.2 Å². The SMILES string of the molecule is CC1(C)CO[C@]2(CC[C@H](C(=O)O)CC2)c2c1n(-c1ccc(F)c(F)c1)c1cc(F)cc(O)c12. The number of aromatic hydroxyl groups is 1. The third-order valence-electron chi connectivity index (χ3n) is 7.12. The number of benzene rings is 2. The lowest BCUT2D eigenvalue weighted by atomic mass is 9.69. The van der Waals surface area contributed by atoms with Crippen LogP contribution >= 0.6 is 0 Å². The number of aliphatic carboxylic acids is 1. The van der Waals surface area contributed by atoms with Crippen molar-refractivity contribution in [3.05, 3.63) is 59.0 Å². The minimum atomic E-state index is -1.04. The number of rotatable bonds is 2. The number of carboxylic acids is 1. The van der Waals surface area contributed by atoms with Crippen LogP contribution in [0, 0.1) is 23.4 Å². The number of halogens is 3. The van der Waals surface area contributed by atoms with Crippen LogP contribution in [0.5, 0.6) is 5.75 Å². The van der Waals surface area contributed by atoms with Crippen LogP contribution < -0.4 is 0 Å². The predicted molar refractivity (Wildman–Crippen MR) is 115 cm³/mol. The van der Waals surface area contributed by atoms with Crippen LogP contribution in [0.1, 0.15) is 50.8 Å². The van der Waals surface area contributed by atoms with Crippen molar-refractivity contribution in [3.63, 3.8) is 0 Å². The van der Waals surface area contributed by atoms with Crippen molar-refractivity contribution < 1.29 is 32.9 Å². The maximum absolute atomic E-state index is 14.5. The summed E-state index contributed by atoms with van der Waals surface area (Å²) in [6.45, 7) is 4.16. The molecular formula is C25H24F3NO4. The second kappa shape index (κ2) is 7.25. The van der Waals surface area contributed by atoms with Gasteiger partial charge in [-0.3, -0.25) is 4.79 Å². The van der Waals surface area contributed by atoms with E-state index in [1.54, 1.807) is 4.57 Å². The average Bonchev–Trinajstić information content (AvgIpc) is 3.11. The lowest BCUT2D eigenvalue weighted by molar-refractivity contribution is -0.149. The summed E-state index contributed by atoms with van der Waals surface area (Å²) >= 11 is 0. The van der Waals surface area contributed by atoms with Gasteiger partial charge < -0.3 is 19.5 Å². The van der Waals surface area contributed by atoms with Gasteiger partial charge in [0, 0.05) is 39.9 Å². The first-order chi connectivity index (χ1) is 15.5. The smallest absolute Gasteiger partial charge is 0.306 e. The molecule has 0 atom stereocenters. The highest BCUT2D eigenvalue weighted by Crippen LogP contribution is 2.55. The zero-order chi connectivity index (χ0) is 23.7. The Balaban J connectivity index is 1.85. The highest BCUT2D eigenvalue weighted by Gasteiger charge is 2.50. The van der Waals surface area contributed by atoms with E-state index >= 15 is 0 Å². The van der Waals surface area contributed by atoms with Crippen LogP contribution in [0.2, 0.25) is 0 Å². The van der Waals surface area contributed by atoms with Crippen molar-refractivity contribution in [2.45, 2.75) is 50.5 Å². The highest BCUT2D eigenvalue weighted by molar-refractivity contribution is 5.94. The molecule has 2 heterocycles. The lowest BCUT2D eigenvalue weighted by Crippen LogP contribution is -2.46. The van der Waals surface area contributed by atoms with Crippen LogP contribution in [0.3, 0.4) is 0 Å². The van der Waals surface area contributed by atoms with E-state index in [1.807, 2.05) is 13.8 Å². The van der Waals surface area contributed by atoms with E-state index in [2.05, 4.69) is 0 Å². The van der Waals surface area contributed by atoms with Crippen molar-refractivity contribution in [1.29, 1.82) is 0 Å². The first kappa shape index (κ1) is 21.8.